The number of hydrogen-bond acceptors (Lipinski definition) is 5. The standard InChI is InChI=1S/C22H31N5O3S/c1-4-31(29,30)27-11-9-26(10-12-27)16-20-13-19(7-5-17(20)2)14-24-22(28)25-21-8-6-18(3)23-15-21/h5-8,13,15H,4,9-12,14,16H2,1-3H3,(H2,24,25,28). The van der Waals surface area contributed by atoms with Gasteiger partial charge in [0.1, 0.15) is 0 Å². The lowest BCUT2D eigenvalue weighted by Crippen LogP contribution is -2.48. The zero-order chi connectivity index (χ0) is 22.4. The van der Waals surface area contributed by atoms with E-state index in [1.54, 1.807) is 17.4 Å². The van der Waals surface area contributed by atoms with Crippen LogP contribution in [0.2, 0.25) is 0 Å². The maximum absolute atomic E-state index is 12.2. The van der Waals surface area contributed by atoms with Crippen LogP contribution in [-0.2, 0) is 23.1 Å². The van der Waals surface area contributed by atoms with E-state index in [9.17, 15) is 13.2 Å². The zero-order valence-electron chi connectivity index (χ0n) is 18.4. The van der Waals surface area contributed by atoms with Crippen LogP contribution in [0.3, 0.4) is 0 Å². The molecule has 0 spiro atoms. The number of carbonyl (C=O) groups excluding carboxylic acids is 1. The van der Waals surface area contributed by atoms with Crippen LogP contribution in [0.4, 0.5) is 10.5 Å². The van der Waals surface area contributed by atoms with E-state index in [4.69, 9.17) is 0 Å². The first-order chi connectivity index (χ1) is 14.8. The molecule has 2 amide bonds. The molecule has 0 atom stereocenters. The Labute approximate surface area is 184 Å². The van der Waals surface area contributed by atoms with E-state index in [1.165, 1.54) is 11.1 Å². The molecule has 1 saturated heterocycles. The number of pyridine rings is 1. The van der Waals surface area contributed by atoms with Crippen molar-refractivity contribution in [2.75, 3.05) is 37.2 Å². The Kier molecular flexibility index (Phi) is 7.64. The van der Waals surface area contributed by atoms with Crippen molar-refractivity contribution in [3.63, 3.8) is 0 Å². The summed E-state index contributed by atoms with van der Waals surface area (Å²) >= 11 is 0. The number of urea groups is 1. The summed E-state index contributed by atoms with van der Waals surface area (Å²) in [4.78, 5) is 18.6. The van der Waals surface area contributed by atoms with Gasteiger partial charge < -0.3 is 10.6 Å². The lowest BCUT2D eigenvalue weighted by molar-refractivity contribution is 0.181. The molecular weight excluding hydrogens is 414 g/mol. The first kappa shape index (κ1) is 23.2. The number of rotatable bonds is 7. The van der Waals surface area contributed by atoms with E-state index in [0.29, 0.717) is 38.4 Å². The second-order valence-electron chi connectivity index (χ2n) is 7.83. The largest absolute Gasteiger partial charge is 0.334 e. The van der Waals surface area contributed by atoms with Crippen LogP contribution in [0.25, 0.3) is 0 Å². The number of benzene rings is 1. The van der Waals surface area contributed by atoms with Gasteiger partial charge in [-0.25, -0.2) is 13.2 Å². The summed E-state index contributed by atoms with van der Waals surface area (Å²) in [6.45, 7) is 9.33. The highest BCUT2D eigenvalue weighted by Crippen LogP contribution is 2.16. The molecule has 3 rings (SSSR count). The summed E-state index contributed by atoms with van der Waals surface area (Å²) in [7, 11) is -3.12. The van der Waals surface area contributed by atoms with E-state index in [1.807, 2.05) is 25.1 Å². The van der Waals surface area contributed by atoms with Gasteiger partial charge in [-0.3, -0.25) is 9.88 Å². The second kappa shape index (κ2) is 10.2. The Balaban J connectivity index is 1.53. The van der Waals surface area contributed by atoms with Crippen LogP contribution in [0, 0.1) is 13.8 Å². The SMILES string of the molecule is CCS(=O)(=O)N1CCN(Cc2cc(CNC(=O)Nc3ccc(C)nc3)ccc2C)CC1. The van der Waals surface area contributed by atoms with Crippen molar-refractivity contribution >= 4 is 21.7 Å². The van der Waals surface area contributed by atoms with Crippen molar-refractivity contribution < 1.29 is 13.2 Å². The Morgan fingerprint density at radius 2 is 1.84 bits per heavy atom. The van der Waals surface area contributed by atoms with E-state index in [-0.39, 0.29) is 11.8 Å². The Morgan fingerprint density at radius 3 is 2.48 bits per heavy atom. The third-order valence-corrected chi connectivity index (χ3v) is 7.40. The first-order valence-electron chi connectivity index (χ1n) is 10.5. The molecule has 2 heterocycles. The molecule has 0 unspecified atom stereocenters. The summed E-state index contributed by atoms with van der Waals surface area (Å²) in [5.41, 5.74) is 4.94. The number of carbonyl (C=O) groups is 1. The summed E-state index contributed by atoms with van der Waals surface area (Å²) in [6.07, 6.45) is 1.63. The van der Waals surface area contributed by atoms with Gasteiger partial charge in [0.05, 0.1) is 17.6 Å². The van der Waals surface area contributed by atoms with Gasteiger partial charge >= 0.3 is 6.03 Å². The first-order valence-corrected chi connectivity index (χ1v) is 12.1. The smallest absolute Gasteiger partial charge is 0.319 e. The van der Waals surface area contributed by atoms with Crippen LogP contribution >= 0.6 is 0 Å². The van der Waals surface area contributed by atoms with Gasteiger partial charge in [-0.1, -0.05) is 18.2 Å². The fourth-order valence-electron chi connectivity index (χ4n) is 3.49. The topological polar surface area (TPSA) is 94.6 Å². The molecule has 1 aliphatic rings. The summed E-state index contributed by atoms with van der Waals surface area (Å²) in [5, 5.41) is 5.65. The van der Waals surface area contributed by atoms with Crippen LogP contribution in [0.1, 0.15) is 29.3 Å². The normalized spacial score (nSPS) is 15.6. The van der Waals surface area contributed by atoms with E-state index < -0.39 is 10.0 Å². The van der Waals surface area contributed by atoms with Crippen molar-refractivity contribution in [3.8, 4) is 0 Å². The molecule has 0 aliphatic carbocycles. The molecule has 0 saturated carbocycles. The third-order valence-electron chi connectivity index (χ3n) is 5.52. The van der Waals surface area contributed by atoms with Crippen molar-refractivity contribution in [1.29, 1.82) is 0 Å². The van der Waals surface area contributed by atoms with Crippen molar-refractivity contribution in [2.24, 2.45) is 0 Å². The van der Waals surface area contributed by atoms with Gasteiger partial charge in [-0.2, -0.15) is 4.31 Å². The molecule has 2 aromatic rings. The van der Waals surface area contributed by atoms with Gasteiger partial charge in [0.2, 0.25) is 10.0 Å². The summed E-state index contributed by atoms with van der Waals surface area (Å²) in [6, 6.07) is 9.57. The number of hydrogen-bond donors (Lipinski definition) is 2. The number of piperazine rings is 1. The molecule has 0 radical (unpaired) electrons. The minimum absolute atomic E-state index is 0.148. The molecule has 1 aliphatic heterocycles. The van der Waals surface area contributed by atoms with Crippen molar-refractivity contribution in [2.45, 2.75) is 33.9 Å². The van der Waals surface area contributed by atoms with Gasteiger partial charge in [-0.05, 0) is 49.6 Å². The maximum Gasteiger partial charge on any atom is 0.319 e. The molecule has 31 heavy (non-hydrogen) atoms. The number of amides is 2. The number of anilines is 1. The van der Waals surface area contributed by atoms with Crippen LogP contribution in [0.5, 0.6) is 0 Å². The molecule has 8 nitrogen and oxygen atoms in total. The highest BCUT2D eigenvalue weighted by atomic mass is 32.2. The van der Waals surface area contributed by atoms with Crippen LogP contribution < -0.4 is 10.6 Å². The highest BCUT2D eigenvalue weighted by Gasteiger charge is 2.25. The molecule has 0 bridgehead atoms. The number of nitrogens with zero attached hydrogens (tertiary/aromatic N) is 3. The molecule has 2 N–H and O–H groups in total. The third kappa shape index (κ3) is 6.49. The lowest BCUT2D eigenvalue weighted by Gasteiger charge is -2.34. The molecular formula is C22H31N5O3S. The quantitative estimate of drug-likeness (QED) is 0.683. The molecule has 1 aromatic carbocycles. The number of aryl methyl sites for hydroxylation is 2. The monoisotopic (exact) mass is 445 g/mol. The van der Waals surface area contributed by atoms with Gasteiger partial charge in [0, 0.05) is 45.0 Å². The predicted octanol–water partition coefficient (Wildman–Crippen LogP) is 2.49. The molecule has 1 aromatic heterocycles. The van der Waals surface area contributed by atoms with Crippen molar-refractivity contribution in [3.05, 3.63) is 58.9 Å². The number of sulfonamides is 1. The second-order valence-corrected chi connectivity index (χ2v) is 10.1. The predicted molar refractivity (Wildman–Crippen MR) is 122 cm³/mol. The average molecular weight is 446 g/mol. The number of nitrogens with one attached hydrogen (secondary N) is 2. The zero-order valence-corrected chi connectivity index (χ0v) is 19.2. The minimum Gasteiger partial charge on any atom is -0.334 e. The Morgan fingerprint density at radius 1 is 1.10 bits per heavy atom. The molecule has 168 valence electrons. The minimum atomic E-state index is -3.12. The Hall–Kier alpha value is -2.49. The molecule has 1 fully saturated rings. The average Bonchev–Trinajstić information content (AvgIpc) is 2.76. The van der Waals surface area contributed by atoms with E-state index in [0.717, 1.165) is 17.8 Å². The van der Waals surface area contributed by atoms with E-state index >= 15 is 0 Å². The highest BCUT2D eigenvalue weighted by molar-refractivity contribution is 7.89. The molecule has 9 heteroatoms. The lowest BCUT2D eigenvalue weighted by atomic mass is 10.0. The number of aromatic nitrogens is 1. The van der Waals surface area contributed by atoms with Crippen LogP contribution in [0.15, 0.2) is 36.5 Å². The van der Waals surface area contributed by atoms with Gasteiger partial charge in [0.15, 0.2) is 0 Å². The fraction of sp³-hybridized carbons (Fsp3) is 0.455. The summed E-state index contributed by atoms with van der Waals surface area (Å²) in [5.74, 6) is 0.148. The van der Waals surface area contributed by atoms with E-state index in [2.05, 4.69) is 39.6 Å². The van der Waals surface area contributed by atoms with Gasteiger partial charge in [0.25, 0.3) is 0 Å². The van der Waals surface area contributed by atoms with Gasteiger partial charge in [-0.15, -0.1) is 0 Å². The van der Waals surface area contributed by atoms with Crippen molar-refractivity contribution in [1.82, 2.24) is 19.5 Å². The maximum atomic E-state index is 12.2. The van der Waals surface area contributed by atoms with Crippen LogP contribution in [-0.4, -0.2) is 60.6 Å². The fourth-order valence-corrected chi connectivity index (χ4v) is 4.58. The summed E-state index contributed by atoms with van der Waals surface area (Å²) < 4.78 is 25.7. The Bertz CT molecular complexity index is 1000.